The van der Waals surface area contributed by atoms with Crippen LogP contribution in [0, 0.1) is 0 Å². The second-order valence-corrected chi connectivity index (χ2v) is 14.8. The van der Waals surface area contributed by atoms with Gasteiger partial charge in [-0.05, 0) is 52.7 Å². The van der Waals surface area contributed by atoms with E-state index in [4.69, 9.17) is 47.3 Å². The smallest absolute Gasteiger partial charge is 0.309 e. The van der Waals surface area contributed by atoms with Gasteiger partial charge in [0.05, 0.1) is 124 Å². The summed E-state index contributed by atoms with van der Waals surface area (Å²) >= 11 is 0. The first-order chi connectivity index (χ1) is 29.4. The van der Waals surface area contributed by atoms with E-state index in [1.54, 1.807) is 13.8 Å². The number of rotatable bonds is 40. The van der Waals surface area contributed by atoms with Crippen LogP contribution in [0.4, 0.5) is 0 Å². The molecule has 0 saturated carbocycles. The van der Waals surface area contributed by atoms with Crippen molar-refractivity contribution in [2.75, 3.05) is 132 Å². The molecule has 1 heterocycles. The Labute approximate surface area is 361 Å². The fourth-order valence-electron chi connectivity index (χ4n) is 4.88. The van der Waals surface area contributed by atoms with Crippen molar-refractivity contribution in [2.24, 2.45) is 0 Å². The second-order valence-electron chi connectivity index (χ2n) is 14.8. The summed E-state index contributed by atoms with van der Waals surface area (Å²) in [5.41, 5.74) is -0.624. The second kappa shape index (κ2) is 33.1. The standard InChI is InChI=1S/C42H70BN3O15/c1-41(2,51)42(3,4)61-43-35-7-9-36(10-8-35)60-18-6-5-15-44-38(48)14-19-52-21-23-54-25-27-56-29-31-58-33-34-59-32-30-57-28-26-55-24-22-53-20-16-45-37(47)13-17-46-39(49)11-12-40(46)50/h7-12,43,51H,5-6,13-34H2,1-4H3,(H,44,48)(H,45,47). The molecule has 1 aliphatic rings. The Morgan fingerprint density at radius 2 is 1.00 bits per heavy atom. The van der Waals surface area contributed by atoms with Gasteiger partial charge >= 0.3 is 7.48 Å². The van der Waals surface area contributed by atoms with Gasteiger partial charge in [0.25, 0.3) is 11.8 Å². The Balaban J connectivity index is 1.21. The molecule has 0 saturated heterocycles. The molecule has 19 heteroatoms. The molecule has 0 unspecified atom stereocenters. The first-order valence-electron chi connectivity index (χ1n) is 21.2. The molecule has 61 heavy (non-hydrogen) atoms. The highest BCUT2D eigenvalue weighted by atomic mass is 16.6. The molecule has 0 radical (unpaired) electrons. The zero-order valence-electron chi connectivity index (χ0n) is 36.8. The van der Waals surface area contributed by atoms with E-state index in [1.165, 1.54) is 12.2 Å². The molecule has 2 rings (SSSR count). The van der Waals surface area contributed by atoms with Crippen LogP contribution in [0.3, 0.4) is 0 Å². The molecule has 346 valence electrons. The third kappa shape index (κ3) is 27.2. The predicted molar refractivity (Wildman–Crippen MR) is 227 cm³/mol. The fourth-order valence-corrected chi connectivity index (χ4v) is 4.88. The molecule has 0 aliphatic carbocycles. The topological polar surface area (TPSA) is 208 Å². The van der Waals surface area contributed by atoms with Crippen molar-refractivity contribution in [3.05, 3.63) is 36.4 Å². The Bertz CT molecular complexity index is 1360. The van der Waals surface area contributed by atoms with Crippen molar-refractivity contribution in [1.82, 2.24) is 15.5 Å². The quantitative estimate of drug-likeness (QED) is 0.0466. The zero-order valence-corrected chi connectivity index (χ0v) is 36.8. The summed E-state index contributed by atoms with van der Waals surface area (Å²) in [7, 11) is 0.400. The third-order valence-corrected chi connectivity index (χ3v) is 9.27. The van der Waals surface area contributed by atoms with Crippen molar-refractivity contribution < 1.29 is 71.6 Å². The number of hydrogen-bond donors (Lipinski definition) is 3. The van der Waals surface area contributed by atoms with Crippen molar-refractivity contribution in [3.63, 3.8) is 0 Å². The molecule has 0 spiro atoms. The van der Waals surface area contributed by atoms with Crippen LogP contribution < -0.4 is 20.8 Å². The number of ether oxygens (including phenoxy) is 9. The van der Waals surface area contributed by atoms with Gasteiger partial charge in [-0.3, -0.25) is 24.1 Å². The van der Waals surface area contributed by atoms with Crippen LogP contribution in [0.5, 0.6) is 5.75 Å². The summed E-state index contributed by atoms with van der Waals surface area (Å²) < 4.78 is 55.4. The molecule has 1 aliphatic heterocycles. The summed E-state index contributed by atoms with van der Waals surface area (Å²) in [5.74, 6) is -0.335. The Morgan fingerprint density at radius 3 is 1.48 bits per heavy atom. The van der Waals surface area contributed by atoms with E-state index in [2.05, 4.69) is 10.6 Å². The number of nitrogens with one attached hydrogen (secondary N) is 2. The van der Waals surface area contributed by atoms with Gasteiger partial charge in [0.15, 0.2) is 0 Å². The number of hydrogen-bond acceptors (Lipinski definition) is 15. The summed E-state index contributed by atoms with van der Waals surface area (Å²) in [6.45, 7) is 15.4. The molecular weight excluding hydrogens is 797 g/mol. The van der Waals surface area contributed by atoms with Gasteiger partial charge in [-0.25, -0.2) is 0 Å². The molecule has 0 bridgehead atoms. The average Bonchev–Trinajstić information content (AvgIpc) is 3.55. The number of benzene rings is 1. The minimum atomic E-state index is -0.951. The number of nitrogens with zero attached hydrogens (tertiary/aromatic N) is 1. The van der Waals surface area contributed by atoms with Gasteiger partial charge in [0.1, 0.15) is 5.75 Å². The van der Waals surface area contributed by atoms with Crippen molar-refractivity contribution in [1.29, 1.82) is 0 Å². The van der Waals surface area contributed by atoms with Crippen molar-refractivity contribution in [2.45, 2.75) is 64.6 Å². The van der Waals surface area contributed by atoms with Gasteiger partial charge in [0, 0.05) is 44.6 Å². The van der Waals surface area contributed by atoms with E-state index >= 15 is 0 Å². The van der Waals surface area contributed by atoms with Crippen LogP contribution in [0.25, 0.3) is 0 Å². The highest BCUT2D eigenvalue weighted by Crippen LogP contribution is 2.24. The summed E-state index contributed by atoms with van der Waals surface area (Å²) in [5, 5.41) is 15.8. The van der Waals surface area contributed by atoms with Crippen LogP contribution in [0.15, 0.2) is 36.4 Å². The first-order valence-corrected chi connectivity index (χ1v) is 21.2. The minimum absolute atomic E-state index is 0.0456. The molecule has 0 aromatic heterocycles. The van der Waals surface area contributed by atoms with Gasteiger partial charge in [-0.1, -0.05) is 17.6 Å². The number of imide groups is 1. The van der Waals surface area contributed by atoms with E-state index in [1.807, 2.05) is 38.1 Å². The van der Waals surface area contributed by atoms with Crippen LogP contribution in [-0.4, -0.2) is 184 Å². The molecule has 18 nitrogen and oxygen atoms in total. The Morgan fingerprint density at radius 1 is 0.574 bits per heavy atom. The number of amides is 4. The van der Waals surface area contributed by atoms with Crippen LogP contribution >= 0.6 is 0 Å². The van der Waals surface area contributed by atoms with Gasteiger partial charge < -0.3 is 63.0 Å². The van der Waals surface area contributed by atoms with Gasteiger partial charge in [-0.15, -0.1) is 0 Å². The third-order valence-electron chi connectivity index (χ3n) is 9.27. The van der Waals surface area contributed by atoms with Gasteiger partial charge in [0.2, 0.25) is 11.8 Å². The lowest BCUT2D eigenvalue weighted by Gasteiger charge is -2.37. The Hall–Kier alpha value is -3.50. The number of carbonyl (C=O) groups excluding carboxylic acids is 4. The molecule has 1 aromatic rings. The van der Waals surface area contributed by atoms with Crippen LogP contribution in [0.1, 0.15) is 53.4 Å². The SMILES string of the molecule is CC(C)(O)C(C)(C)OBc1ccc(OCCCCNC(=O)CCOCCOCCOCCOCCOCCOCCOCCOCCNC(=O)CCN2C(=O)C=CC2=O)cc1. The van der Waals surface area contributed by atoms with E-state index < -0.39 is 23.0 Å². The fraction of sp³-hybridized carbons (Fsp3) is 0.714. The van der Waals surface area contributed by atoms with Gasteiger partial charge in [-0.2, -0.15) is 0 Å². The minimum Gasteiger partial charge on any atom is -0.494 e. The molecule has 0 fully saturated rings. The molecule has 4 amide bonds. The maximum atomic E-state index is 12.0. The average molecular weight is 868 g/mol. The number of aliphatic hydroxyl groups is 1. The largest absolute Gasteiger partial charge is 0.494 e. The number of unbranched alkanes of at least 4 members (excludes halogenated alkanes) is 1. The van der Waals surface area contributed by atoms with E-state index in [0.717, 1.165) is 29.0 Å². The highest BCUT2D eigenvalue weighted by Gasteiger charge is 2.35. The van der Waals surface area contributed by atoms with E-state index in [0.29, 0.717) is 139 Å². The lowest BCUT2D eigenvalue weighted by atomic mass is 9.82. The maximum absolute atomic E-state index is 12.0. The molecule has 3 N–H and O–H groups in total. The summed E-state index contributed by atoms with van der Waals surface area (Å²) in [6, 6.07) is 7.72. The molecule has 0 atom stereocenters. The lowest BCUT2D eigenvalue weighted by molar-refractivity contribution is -0.137. The van der Waals surface area contributed by atoms with Crippen molar-refractivity contribution >= 4 is 36.6 Å². The molecular formula is C42H70BN3O15. The van der Waals surface area contributed by atoms with Crippen molar-refractivity contribution in [3.8, 4) is 5.75 Å². The predicted octanol–water partition coefficient (Wildman–Crippen LogP) is 0.459. The molecule has 1 aromatic carbocycles. The summed E-state index contributed by atoms with van der Waals surface area (Å²) in [4.78, 5) is 47.8. The monoisotopic (exact) mass is 867 g/mol. The normalized spacial score (nSPS) is 13.0. The van der Waals surface area contributed by atoms with Crippen LogP contribution in [0.2, 0.25) is 0 Å². The number of carbonyl (C=O) groups is 4. The lowest BCUT2D eigenvalue weighted by Crippen LogP contribution is -2.49. The van der Waals surface area contributed by atoms with Crippen LogP contribution in [-0.2, 0) is 61.7 Å². The zero-order chi connectivity index (χ0) is 44.4. The first kappa shape index (κ1) is 53.6. The van der Waals surface area contributed by atoms with E-state index in [-0.39, 0.29) is 24.8 Å². The summed E-state index contributed by atoms with van der Waals surface area (Å²) in [6.07, 6.45) is 4.34. The van der Waals surface area contributed by atoms with E-state index in [9.17, 15) is 24.3 Å². The Kier molecular flexibility index (Phi) is 29.1. The highest BCUT2D eigenvalue weighted by molar-refractivity contribution is 6.47. The maximum Gasteiger partial charge on any atom is 0.309 e.